The molecule has 2 heterocycles. The predicted molar refractivity (Wildman–Crippen MR) is 138 cm³/mol. The van der Waals surface area contributed by atoms with Crippen molar-refractivity contribution < 1.29 is 33.4 Å². The SMILES string of the molecule is CCOC(=O)N(C)C(=O)NC(=N)c1ccc(N2CC(CN3CCN(CC(=O)OC(C)C)CC3)OC2=O)cc1. The van der Waals surface area contributed by atoms with E-state index < -0.39 is 18.2 Å². The van der Waals surface area contributed by atoms with Crippen molar-refractivity contribution in [1.82, 2.24) is 20.0 Å². The van der Waals surface area contributed by atoms with E-state index in [2.05, 4.69) is 15.1 Å². The summed E-state index contributed by atoms with van der Waals surface area (Å²) >= 11 is 0. The normalized spacial score (nSPS) is 18.2. The van der Waals surface area contributed by atoms with Gasteiger partial charge in [0, 0.05) is 51.0 Å². The molecule has 0 spiro atoms. The number of urea groups is 1. The van der Waals surface area contributed by atoms with Gasteiger partial charge in [-0.25, -0.2) is 19.3 Å². The first kappa shape index (κ1) is 28.9. The van der Waals surface area contributed by atoms with Crippen molar-refractivity contribution in [2.75, 3.05) is 64.4 Å². The fourth-order valence-electron chi connectivity index (χ4n) is 4.10. The number of cyclic esters (lactones) is 1. The molecule has 2 saturated heterocycles. The number of esters is 1. The van der Waals surface area contributed by atoms with Crippen LogP contribution in [0.25, 0.3) is 0 Å². The molecule has 0 bridgehead atoms. The Morgan fingerprint density at radius 2 is 1.76 bits per heavy atom. The number of carbonyl (C=O) groups excluding carboxylic acids is 4. The number of nitrogens with one attached hydrogen (secondary N) is 2. The molecule has 1 aromatic carbocycles. The summed E-state index contributed by atoms with van der Waals surface area (Å²) in [5.74, 6) is -0.419. The molecule has 1 unspecified atom stereocenters. The summed E-state index contributed by atoms with van der Waals surface area (Å²) in [6, 6.07) is 5.76. The fraction of sp³-hybridized carbons (Fsp3) is 0.560. The second kappa shape index (κ2) is 13.2. The lowest BCUT2D eigenvalue weighted by atomic mass is 10.1. The van der Waals surface area contributed by atoms with Crippen LogP contribution < -0.4 is 10.2 Å². The van der Waals surface area contributed by atoms with E-state index in [1.54, 1.807) is 31.2 Å². The van der Waals surface area contributed by atoms with Gasteiger partial charge in [0.1, 0.15) is 11.9 Å². The van der Waals surface area contributed by atoms with Gasteiger partial charge in [-0.2, -0.15) is 0 Å². The monoisotopic (exact) mass is 532 g/mol. The molecule has 0 aliphatic carbocycles. The Morgan fingerprint density at radius 3 is 2.37 bits per heavy atom. The van der Waals surface area contributed by atoms with E-state index >= 15 is 0 Å². The fourth-order valence-corrected chi connectivity index (χ4v) is 4.10. The van der Waals surface area contributed by atoms with Gasteiger partial charge < -0.3 is 14.2 Å². The maximum atomic E-state index is 12.5. The summed E-state index contributed by atoms with van der Waals surface area (Å²) in [5.41, 5.74) is 1.01. The summed E-state index contributed by atoms with van der Waals surface area (Å²) < 4.78 is 15.5. The summed E-state index contributed by atoms with van der Waals surface area (Å²) in [6.07, 6.45) is -1.69. The zero-order valence-electron chi connectivity index (χ0n) is 22.3. The first-order chi connectivity index (χ1) is 18.1. The second-order valence-electron chi connectivity index (χ2n) is 9.34. The lowest BCUT2D eigenvalue weighted by Crippen LogP contribution is -2.50. The van der Waals surface area contributed by atoms with Crippen molar-refractivity contribution in [2.45, 2.75) is 33.0 Å². The van der Waals surface area contributed by atoms with Gasteiger partial charge in [-0.1, -0.05) is 0 Å². The molecule has 2 fully saturated rings. The largest absolute Gasteiger partial charge is 0.462 e. The van der Waals surface area contributed by atoms with Crippen LogP contribution >= 0.6 is 0 Å². The van der Waals surface area contributed by atoms with E-state index in [9.17, 15) is 19.2 Å². The highest BCUT2D eigenvalue weighted by Crippen LogP contribution is 2.23. The Morgan fingerprint density at radius 1 is 1.13 bits per heavy atom. The molecule has 13 nitrogen and oxygen atoms in total. The van der Waals surface area contributed by atoms with Gasteiger partial charge in [0.25, 0.3) is 0 Å². The molecule has 38 heavy (non-hydrogen) atoms. The van der Waals surface area contributed by atoms with Gasteiger partial charge in [0.05, 0.1) is 25.8 Å². The highest BCUT2D eigenvalue weighted by molar-refractivity contribution is 6.08. The summed E-state index contributed by atoms with van der Waals surface area (Å²) in [7, 11) is 1.25. The molecule has 208 valence electrons. The lowest BCUT2D eigenvalue weighted by molar-refractivity contribution is -0.149. The zero-order chi connectivity index (χ0) is 27.8. The highest BCUT2D eigenvalue weighted by Gasteiger charge is 2.34. The van der Waals surface area contributed by atoms with Crippen LogP contribution in [-0.2, 0) is 19.0 Å². The molecule has 0 radical (unpaired) electrons. The topological polar surface area (TPSA) is 145 Å². The Labute approximate surface area is 222 Å². The number of hydrogen-bond acceptors (Lipinski definition) is 10. The third-order valence-electron chi connectivity index (χ3n) is 6.07. The van der Waals surface area contributed by atoms with Crippen molar-refractivity contribution in [1.29, 1.82) is 5.41 Å². The molecule has 2 aliphatic heterocycles. The van der Waals surface area contributed by atoms with Crippen molar-refractivity contribution >= 4 is 35.7 Å². The maximum Gasteiger partial charge on any atom is 0.417 e. The summed E-state index contributed by atoms with van der Waals surface area (Å²) in [6.45, 7) is 9.66. The van der Waals surface area contributed by atoms with Crippen molar-refractivity contribution in [3.05, 3.63) is 29.8 Å². The van der Waals surface area contributed by atoms with Crippen LogP contribution in [-0.4, -0.2) is 116 Å². The van der Waals surface area contributed by atoms with Gasteiger partial charge in [0.15, 0.2) is 0 Å². The standard InChI is InChI=1S/C25H36N6O7/c1-5-36-24(34)28(4)23(33)27-22(26)18-6-8-19(9-7-18)31-15-20(38-25(31)35)14-29-10-12-30(13-11-29)16-21(32)37-17(2)3/h6-9,17,20H,5,10-16H2,1-4H3,(H2,26,27,33). The van der Waals surface area contributed by atoms with E-state index in [-0.39, 0.29) is 37.2 Å². The molecular weight excluding hydrogens is 496 g/mol. The maximum absolute atomic E-state index is 12.5. The average Bonchev–Trinajstić information content (AvgIpc) is 3.24. The van der Waals surface area contributed by atoms with Crippen LogP contribution in [0.15, 0.2) is 24.3 Å². The molecule has 1 aromatic rings. The number of anilines is 1. The molecule has 2 N–H and O–H groups in total. The van der Waals surface area contributed by atoms with Gasteiger partial charge in [-0.15, -0.1) is 0 Å². The molecule has 0 saturated carbocycles. The molecule has 4 amide bonds. The molecule has 2 aliphatic rings. The van der Waals surface area contributed by atoms with Crippen LogP contribution in [0.4, 0.5) is 20.1 Å². The average molecular weight is 533 g/mol. The van der Waals surface area contributed by atoms with Gasteiger partial charge in [-0.05, 0) is 45.0 Å². The van der Waals surface area contributed by atoms with Crippen molar-refractivity contribution in [2.24, 2.45) is 0 Å². The number of nitrogens with zero attached hydrogens (tertiary/aromatic N) is 4. The smallest absolute Gasteiger partial charge is 0.417 e. The third-order valence-corrected chi connectivity index (χ3v) is 6.07. The van der Waals surface area contributed by atoms with Crippen molar-refractivity contribution in [3.8, 4) is 0 Å². The first-order valence-corrected chi connectivity index (χ1v) is 12.6. The van der Waals surface area contributed by atoms with E-state index in [1.807, 2.05) is 13.8 Å². The predicted octanol–water partition coefficient (Wildman–Crippen LogP) is 1.70. The Kier molecular flexibility index (Phi) is 10.0. The molecule has 1 atom stereocenters. The quantitative estimate of drug-likeness (QED) is 0.221. The number of imide groups is 1. The number of ether oxygens (including phenoxy) is 3. The van der Waals surface area contributed by atoms with E-state index in [4.69, 9.17) is 19.6 Å². The number of carbonyl (C=O) groups is 4. The number of piperazine rings is 1. The Bertz CT molecular complexity index is 1020. The number of hydrogen-bond donors (Lipinski definition) is 2. The van der Waals surface area contributed by atoms with Crippen LogP contribution in [0.3, 0.4) is 0 Å². The van der Waals surface area contributed by atoms with Crippen LogP contribution in [0.1, 0.15) is 26.3 Å². The van der Waals surface area contributed by atoms with E-state index in [0.29, 0.717) is 24.3 Å². The van der Waals surface area contributed by atoms with E-state index in [1.165, 1.54) is 11.9 Å². The Hall–Kier alpha value is -3.71. The van der Waals surface area contributed by atoms with Gasteiger partial charge in [-0.3, -0.25) is 30.2 Å². The van der Waals surface area contributed by atoms with Crippen LogP contribution in [0.2, 0.25) is 0 Å². The second-order valence-corrected chi connectivity index (χ2v) is 9.34. The Balaban J connectivity index is 1.47. The number of benzene rings is 1. The number of rotatable bonds is 8. The minimum Gasteiger partial charge on any atom is -0.462 e. The minimum atomic E-state index is -0.816. The first-order valence-electron chi connectivity index (χ1n) is 12.6. The van der Waals surface area contributed by atoms with Crippen LogP contribution in [0, 0.1) is 5.41 Å². The molecule has 3 rings (SSSR count). The highest BCUT2D eigenvalue weighted by atomic mass is 16.6. The van der Waals surface area contributed by atoms with Crippen LogP contribution in [0.5, 0.6) is 0 Å². The zero-order valence-corrected chi connectivity index (χ0v) is 22.3. The van der Waals surface area contributed by atoms with E-state index in [0.717, 1.165) is 31.1 Å². The lowest BCUT2D eigenvalue weighted by Gasteiger charge is -2.34. The molecule has 13 heteroatoms. The summed E-state index contributed by atoms with van der Waals surface area (Å²) in [4.78, 5) is 54.8. The minimum absolute atomic E-state index is 0.127. The van der Waals surface area contributed by atoms with Gasteiger partial charge >= 0.3 is 24.2 Å². The van der Waals surface area contributed by atoms with Gasteiger partial charge in [0.2, 0.25) is 0 Å². The molecular formula is C25H36N6O7. The molecule has 0 aromatic heterocycles. The third kappa shape index (κ3) is 7.89. The number of amidine groups is 1. The number of amides is 4. The summed E-state index contributed by atoms with van der Waals surface area (Å²) in [5, 5.41) is 10.5. The van der Waals surface area contributed by atoms with Crippen molar-refractivity contribution in [3.63, 3.8) is 0 Å².